The quantitative estimate of drug-likeness (QED) is 0.832. The molecule has 0 spiro atoms. The first kappa shape index (κ1) is 13.4. The highest BCUT2D eigenvalue weighted by atomic mass is 16.6. The summed E-state index contributed by atoms with van der Waals surface area (Å²) in [5.41, 5.74) is 7.80. The molecule has 1 fully saturated rings. The zero-order valence-electron chi connectivity index (χ0n) is 12.2. The van der Waals surface area contributed by atoms with Gasteiger partial charge in [-0.05, 0) is 18.3 Å². The van der Waals surface area contributed by atoms with Crippen molar-refractivity contribution in [1.29, 1.82) is 0 Å². The lowest BCUT2D eigenvalue weighted by molar-refractivity contribution is 0.172. The number of hydrogen-bond donors (Lipinski definition) is 2. The number of fused-ring (bicyclic) bond motifs is 1. The molecule has 1 aromatic carbocycles. The van der Waals surface area contributed by atoms with Crippen molar-refractivity contribution in [3.05, 3.63) is 12.1 Å². The van der Waals surface area contributed by atoms with Gasteiger partial charge in [0.25, 0.3) is 0 Å². The molecule has 2 aliphatic rings. The number of nitrogen functional groups attached to an aromatic ring is 1. The summed E-state index contributed by atoms with van der Waals surface area (Å²) in [7, 11) is 0. The molecule has 1 heterocycles. The fourth-order valence-electron chi connectivity index (χ4n) is 3.19. The van der Waals surface area contributed by atoms with Gasteiger partial charge in [-0.3, -0.25) is 0 Å². The molecular formula is C16H24N2O2. The van der Waals surface area contributed by atoms with E-state index in [1.165, 1.54) is 25.7 Å². The summed E-state index contributed by atoms with van der Waals surface area (Å²) >= 11 is 0. The molecule has 110 valence electrons. The highest BCUT2D eigenvalue weighted by Crippen LogP contribution is 2.37. The molecule has 20 heavy (non-hydrogen) atoms. The molecule has 4 heteroatoms. The highest BCUT2D eigenvalue weighted by Gasteiger charge is 2.21. The molecule has 1 saturated carbocycles. The zero-order chi connectivity index (χ0) is 13.9. The van der Waals surface area contributed by atoms with Gasteiger partial charge in [0, 0.05) is 18.7 Å². The monoisotopic (exact) mass is 276 g/mol. The Labute approximate surface area is 120 Å². The molecule has 4 nitrogen and oxygen atoms in total. The lowest BCUT2D eigenvalue weighted by Crippen LogP contribution is -2.24. The van der Waals surface area contributed by atoms with Crippen molar-refractivity contribution in [3.63, 3.8) is 0 Å². The predicted octanol–water partition coefficient (Wildman–Crippen LogP) is 3.28. The van der Waals surface area contributed by atoms with Crippen LogP contribution in [0.2, 0.25) is 0 Å². The molecule has 0 bridgehead atoms. The molecule has 0 amide bonds. The molecule has 2 unspecified atom stereocenters. The van der Waals surface area contributed by atoms with Crippen molar-refractivity contribution in [1.82, 2.24) is 0 Å². The van der Waals surface area contributed by atoms with E-state index in [0.29, 0.717) is 13.2 Å². The Morgan fingerprint density at radius 2 is 1.85 bits per heavy atom. The Morgan fingerprint density at radius 3 is 2.60 bits per heavy atom. The number of anilines is 2. The van der Waals surface area contributed by atoms with Crippen molar-refractivity contribution in [2.24, 2.45) is 11.8 Å². The van der Waals surface area contributed by atoms with Crippen LogP contribution in [0, 0.1) is 11.8 Å². The van der Waals surface area contributed by atoms with E-state index < -0.39 is 0 Å². The second-order valence-corrected chi connectivity index (χ2v) is 5.99. The van der Waals surface area contributed by atoms with Crippen LogP contribution in [-0.2, 0) is 0 Å². The van der Waals surface area contributed by atoms with Crippen LogP contribution in [0.3, 0.4) is 0 Å². The maximum absolute atomic E-state index is 6.10. The van der Waals surface area contributed by atoms with Gasteiger partial charge in [0.1, 0.15) is 13.2 Å². The third-order valence-electron chi connectivity index (χ3n) is 4.56. The van der Waals surface area contributed by atoms with E-state index in [1.54, 1.807) is 0 Å². The first-order chi connectivity index (χ1) is 9.74. The number of hydrogen-bond acceptors (Lipinski definition) is 4. The van der Waals surface area contributed by atoms with Crippen molar-refractivity contribution >= 4 is 11.4 Å². The number of nitrogens with two attached hydrogens (primary N) is 1. The minimum absolute atomic E-state index is 0.596. The summed E-state index contributed by atoms with van der Waals surface area (Å²) in [6.45, 7) is 4.55. The summed E-state index contributed by atoms with van der Waals surface area (Å²) < 4.78 is 11.1. The van der Waals surface area contributed by atoms with Crippen molar-refractivity contribution < 1.29 is 9.47 Å². The SMILES string of the molecule is CC1CCCCC1CNc1cc2c(cc1N)OCCO2. The molecule has 0 saturated heterocycles. The molecule has 1 aromatic rings. The Hall–Kier alpha value is -1.58. The fourth-order valence-corrected chi connectivity index (χ4v) is 3.19. The number of nitrogens with one attached hydrogen (secondary N) is 1. The van der Waals surface area contributed by atoms with Crippen molar-refractivity contribution in [2.75, 3.05) is 30.8 Å². The predicted molar refractivity (Wildman–Crippen MR) is 81.5 cm³/mol. The lowest BCUT2D eigenvalue weighted by atomic mass is 9.80. The van der Waals surface area contributed by atoms with Crippen LogP contribution in [0.25, 0.3) is 0 Å². The molecule has 1 aliphatic carbocycles. The second kappa shape index (κ2) is 5.81. The smallest absolute Gasteiger partial charge is 0.163 e. The van der Waals surface area contributed by atoms with Gasteiger partial charge in [-0.1, -0.05) is 26.2 Å². The second-order valence-electron chi connectivity index (χ2n) is 5.99. The van der Waals surface area contributed by atoms with E-state index in [4.69, 9.17) is 15.2 Å². The summed E-state index contributed by atoms with van der Waals surface area (Å²) in [6.07, 6.45) is 5.40. The van der Waals surface area contributed by atoms with Crippen molar-refractivity contribution in [3.8, 4) is 11.5 Å². The summed E-state index contributed by atoms with van der Waals surface area (Å²) in [5, 5.41) is 3.50. The maximum Gasteiger partial charge on any atom is 0.163 e. The Morgan fingerprint density at radius 1 is 1.15 bits per heavy atom. The average molecular weight is 276 g/mol. The van der Waals surface area contributed by atoms with Crippen LogP contribution in [-0.4, -0.2) is 19.8 Å². The standard InChI is InChI=1S/C16H24N2O2/c1-11-4-2-3-5-12(11)10-18-14-9-16-15(8-13(14)17)19-6-7-20-16/h8-9,11-12,18H,2-7,10,17H2,1H3. The molecule has 3 N–H and O–H groups in total. The Bertz CT molecular complexity index is 476. The van der Waals surface area contributed by atoms with Crippen LogP contribution >= 0.6 is 0 Å². The average Bonchev–Trinajstić information content (AvgIpc) is 2.46. The van der Waals surface area contributed by atoms with E-state index in [2.05, 4.69) is 12.2 Å². The largest absolute Gasteiger partial charge is 0.486 e. The topological polar surface area (TPSA) is 56.5 Å². The maximum atomic E-state index is 6.10. The third-order valence-corrected chi connectivity index (χ3v) is 4.56. The van der Waals surface area contributed by atoms with E-state index in [1.807, 2.05) is 12.1 Å². The first-order valence-corrected chi connectivity index (χ1v) is 7.67. The summed E-state index contributed by atoms with van der Waals surface area (Å²) in [5.74, 6) is 3.10. The van der Waals surface area contributed by atoms with Crippen molar-refractivity contribution in [2.45, 2.75) is 32.6 Å². The molecular weight excluding hydrogens is 252 g/mol. The number of benzene rings is 1. The van der Waals surface area contributed by atoms with E-state index in [0.717, 1.165) is 41.3 Å². The molecule has 1 aliphatic heterocycles. The molecule has 0 aromatic heterocycles. The fraction of sp³-hybridized carbons (Fsp3) is 0.625. The van der Waals surface area contributed by atoms with E-state index in [9.17, 15) is 0 Å². The van der Waals surface area contributed by atoms with Gasteiger partial charge >= 0.3 is 0 Å². The van der Waals surface area contributed by atoms with Gasteiger partial charge in [0.05, 0.1) is 11.4 Å². The summed E-state index contributed by atoms with van der Waals surface area (Å²) in [4.78, 5) is 0. The third kappa shape index (κ3) is 2.79. The summed E-state index contributed by atoms with van der Waals surface area (Å²) in [6, 6.07) is 3.83. The highest BCUT2D eigenvalue weighted by molar-refractivity contribution is 5.72. The minimum atomic E-state index is 0.596. The van der Waals surface area contributed by atoms with Crippen LogP contribution < -0.4 is 20.5 Å². The molecule has 0 radical (unpaired) electrons. The number of rotatable bonds is 3. The number of ether oxygens (including phenoxy) is 2. The van der Waals surface area contributed by atoms with Gasteiger partial charge in [0.15, 0.2) is 11.5 Å². The van der Waals surface area contributed by atoms with E-state index >= 15 is 0 Å². The Balaban J connectivity index is 1.67. The van der Waals surface area contributed by atoms with Gasteiger partial charge in [0.2, 0.25) is 0 Å². The Kier molecular flexibility index (Phi) is 3.90. The molecule has 2 atom stereocenters. The van der Waals surface area contributed by atoms with E-state index in [-0.39, 0.29) is 0 Å². The first-order valence-electron chi connectivity index (χ1n) is 7.67. The minimum Gasteiger partial charge on any atom is -0.486 e. The normalized spacial score (nSPS) is 25.2. The lowest BCUT2D eigenvalue weighted by Gasteiger charge is -2.29. The van der Waals surface area contributed by atoms with Crippen LogP contribution in [0.15, 0.2) is 12.1 Å². The molecule has 3 rings (SSSR count). The van der Waals surface area contributed by atoms with Gasteiger partial charge < -0.3 is 20.5 Å². The van der Waals surface area contributed by atoms with Gasteiger partial charge in [-0.15, -0.1) is 0 Å². The van der Waals surface area contributed by atoms with Crippen LogP contribution in [0.1, 0.15) is 32.6 Å². The zero-order valence-corrected chi connectivity index (χ0v) is 12.2. The van der Waals surface area contributed by atoms with Gasteiger partial charge in [-0.25, -0.2) is 0 Å². The van der Waals surface area contributed by atoms with Crippen LogP contribution in [0.4, 0.5) is 11.4 Å². The van der Waals surface area contributed by atoms with Crippen LogP contribution in [0.5, 0.6) is 11.5 Å². The van der Waals surface area contributed by atoms with Gasteiger partial charge in [-0.2, -0.15) is 0 Å².